The number of para-hydroxylation sites is 1. The fourth-order valence-electron chi connectivity index (χ4n) is 2.06. The van der Waals surface area contributed by atoms with Crippen LogP contribution in [0, 0.1) is 12.7 Å². The molecule has 0 aliphatic heterocycles. The Balaban J connectivity index is 1.88. The molecule has 0 saturated heterocycles. The number of rotatable bonds is 3. The first-order valence-corrected chi connectivity index (χ1v) is 6.10. The third-order valence-electron chi connectivity index (χ3n) is 3.12. The molecular weight excluding hydrogens is 261 g/mol. The van der Waals surface area contributed by atoms with E-state index in [1.165, 1.54) is 12.4 Å². The van der Waals surface area contributed by atoms with Crippen LogP contribution in [0.5, 0.6) is 0 Å². The maximum atomic E-state index is 13.6. The predicted molar refractivity (Wildman–Crippen MR) is 70.7 cm³/mol. The molecule has 0 unspecified atom stereocenters. The molecule has 3 rings (SSSR count). The first kappa shape index (κ1) is 12.4. The highest BCUT2D eigenvalue weighted by atomic mass is 19.1. The van der Waals surface area contributed by atoms with Crippen LogP contribution in [0.25, 0.3) is 11.0 Å². The molecule has 0 radical (unpaired) electrons. The standard InChI is InChI=1S/C14H12FN3O2/c1-8-10-3-2-4-11(15)13(10)20-12(8)14(19)17-6-9-5-16-7-18-9/h2-5,7H,6H2,1H3,(H,16,18)(H,17,19). The highest BCUT2D eigenvalue weighted by Gasteiger charge is 2.19. The molecule has 0 aliphatic rings. The molecule has 1 aromatic carbocycles. The molecule has 20 heavy (non-hydrogen) atoms. The van der Waals surface area contributed by atoms with E-state index in [1.54, 1.807) is 25.3 Å². The fraction of sp³-hybridized carbons (Fsp3) is 0.143. The van der Waals surface area contributed by atoms with Crippen molar-refractivity contribution in [2.45, 2.75) is 13.5 Å². The molecule has 0 bridgehead atoms. The van der Waals surface area contributed by atoms with Crippen LogP contribution in [-0.4, -0.2) is 15.9 Å². The molecule has 0 spiro atoms. The predicted octanol–water partition coefficient (Wildman–Crippen LogP) is 2.53. The summed E-state index contributed by atoms with van der Waals surface area (Å²) in [5, 5.41) is 3.30. The number of nitrogens with one attached hydrogen (secondary N) is 2. The molecule has 0 atom stereocenters. The van der Waals surface area contributed by atoms with Gasteiger partial charge >= 0.3 is 0 Å². The number of benzene rings is 1. The molecule has 3 aromatic rings. The summed E-state index contributed by atoms with van der Waals surface area (Å²) in [6.07, 6.45) is 3.15. The Labute approximate surface area is 113 Å². The van der Waals surface area contributed by atoms with Crippen LogP contribution in [0.4, 0.5) is 4.39 Å². The van der Waals surface area contributed by atoms with Gasteiger partial charge < -0.3 is 14.7 Å². The van der Waals surface area contributed by atoms with Gasteiger partial charge in [0.1, 0.15) is 0 Å². The lowest BCUT2D eigenvalue weighted by atomic mass is 10.1. The second-order valence-electron chi connectivity index (χ2n) is 4.43. The summed E-state index contributed by atoms with van der Waals surface area (Å²) in [6.45, 7) is 2.04. The van der Waals surface area contributed by atoms with Crippen LogP contribution in [0.3, 0.4) is 0 Å². The highest BCUT2D eigenvalue weighted by Crippen LogP contribution is 2.27. The van der Waals surface area contributed by atoms with E-state index in [0.29, 0.717) is 17.5 Å². The number of furan rings is 1. The summed E-state index contributed by atoms with van der Waals surface area (Å²) < 4.78 is 19.0. The maximum Gasteiger partial charge on any atom is 0.287 e. The van der Waals surface area contributed by atoms with Crippen molar-refractivity contribution in [3.63, 3.8) is 0 Å². The number of H-pyrrole nitrogens is 1. The smallest absolute Gasteiger partial charge is 0.287 e. The number of aromatic nitrogens is 2. The van der Waals surface area contributed by atoms with Crippen molar-refractivity contribution in [1.29, 1.82) is 0 Å². The minimum Gasteiger partial charge on any atom is -0.448 e. The summed E-state index contributed by atoms with van der Waals surface area (Å²) in [5.74, 6) is -0.726. The van der Waals surface area contributed by atoms with Gasteiger partial charge in [-0.15, -0.1) is 0 Å². The van der Waals surface area contributed by atoms with Crippen LogP contribution in [-0.2, 0) is 6.54 Å². The maximum absolute atomic E-state index is 13.6. The number of halogens is 1. The van der Waals surface area contributed by atoms with Crippen molar-refractivity contribution in [1.82, 2.24) is 15.3 Å². The zero-order valence-corrected chi connectivity index (χ0v) is 10.7. The third-order valence-corrected chi connectivity index (χ3v) is 3.12. The highest BCUT2D eigenvalue weighted by molar-refractivity contribution is 5.98. The van der Waals surface area contributed by atoms with E-state index in [9.17, 15) is 9.18 Å². The molecule has 2 heterocycles. The normalized spacial score (nSPS) is 10.9. The summed E-state index contributed by atoms with van der Waals surface area (Å²) in [5.41, 5.74) is 1.51. The monoisotopic (exact) mass is 273 g/mol. The molecule has 6 heteroatoms. The Hall–Kier alpha value is -2.63. The number of carbonyl (C=O) groups excluding carboxylic acids is 1. The lowest BCUT2D eigenvalue weighted by Crippen LogP contribution is -2.23. The van der Waals surface area contributed by atoms with Gasteiger partial charge in [-0.2, -0.15) is 0 Å². The Bertz CT molecular complexity index is 762. The van der Waals surface area contributed by atoms with Gasteiger partial charge in [0, 0.05) is 17.1 Å². The largest absolute Gasteiger partial charge is 0.448 e. The molecule has 2 aromatic heterocycles. The first-order valence-electron chi connectivity index (χ1n) is 6.10. The summed E-state index contributed by atoms with van der Waals surface area (Å²) in [7, 11) is 0. The number of hydrogen-bond acceptors (Lipinski definition) is 3. The van der Waals surface area contributed by atoms with Gasteiger partial charge in [0.05, 0.1) is 18.6 Å². The number of nitrogens with zero attached hydrogens (tertiary/aromatic N) is 1. The van der Waals surface area contributed by atoms with Crippen molar-refractivity contribution in [2.24, 2.45) is 0 Å². The summed E-state index contributed by atoms with van der Waals surface area (Å²) in [6, 6.07) is 4.62. The Morgan fingerprint density at radius 1 is 1.50 bits per heavy atom. The average Bonchev–Trinajstić information content (AvgIpc) is 3.06. The van der Waals surface area contributed by atoms with Crippen LogP contribution >= 0.6 is 0 Å². The topological polar surface area (TPSA) is 70.9 Å². The second-order valence-corrected chi connectivity index (χ2v) is 4.43. The molecule has 0 saturated carbocycles. The van der Waals surface area contributed by atoms with Crippen molar-refractivity contribution in [3.8, 4) is 0 Å². The van der Waals surface area contributed by atoms with Gasteiger partial charge in [0.25, 0.3) is 5.91 Å². The number of carbonyl (C=O) groups is 1. The summed E-state index contributed by atoms with van der Waals surface area (Å²) >= 11 is 0. The first-order chi connectivity index (χ1) is 9.66. The van der Waals surface area contributed by atoms with E-state index in [1.807, 2.05) is 0 Å². The second kappa shape index (κ2) is 4.80. The van der Waals surface area contributed by atoms with E-state index in [4.69, 9.17) is 4.42 Å². The number of hydrogen-bond donors (Lipinski definition) is 2. The number of imidazole rings is 1. The van der Waals surface area contributed by atoms with Crippen molar-refractivity contribution < 1.29 is 13.6 Å². The van der Waals surface area contributed by atoms with E-state index in [2.05, 4.69) is 15.3 Å². The molecule has 5 nitrogen and oxygen atoms in total. The lowest BCUT2D eigenvalue weighted by Gasteiger charge is -2.01. The van der Waals surface area contributed by atoms with Gasteiger partial charge in [-0.1, -0.05) is 12.1 Å². The van der Waals surface area contributed by atoms with E-state index >= 15 is 0 Å². The molecule has 2 N–H and O–H groups in total. The molecule has 0 fully saturated rings. The van der Waals surface area contributed by atoms with E-state index < -0.39 is 5.82 Å². The average molecular weight is 273 g/mol. The Morgan fingerprint density at radius 3 is 3.05 bits per heavy atom. The lowest BCUT2D eigenvalue weighted by molar-refractivity contribution is 0.0924. The zero-order chi connectivity index (χ0) is 14.1. The van der Waals surface area contributed by atoms with Gasteiger partial charge in [-0.3, -0.25) is 4.79 Å². The van der Waals surface area contributed by atoms with Crippen molar-refractivity contribution in [2.75, 3.05) is 0 Å². The minimum absolute atomic E-state index is 0.108. The summed E-state index contributed by atoms with van der Waals surface area (Å²) in [4.78, 5) is 18.8. The Kier molecular flexibility index (Phi) is 2.98. The quantitative estimate of drug-likeness (QED) is 0.770. The number of aromatic amines is 1. The molecule has 0 aliphatic carbocycles. The number of aryl methyl sites for hydroxylation is 1. The molecule has 1 amide bonds. The van der Waals surface area contributed by atoms with E-state index in [0.717, 1.165) is 5.69 Å². The zero-order valence-electron chi connectivity index (χ0n) is 10.7. The van der Waals surface area contributed by atoms with Crippen molar-refractivity contribution >= 4 is 16.9 Å². The van der Waals surface area contributed by atoms with Gasteiger partial charge in [-0.25, -0.2) is 9.37 Å². The van der Waals surface area contributed by atoms with Crippen LogP contribution in [0.2, 0.25) is 0 Å². The van der Waals surface area contributed by atoms with Crippen LogP contribution in [0.1, 0.15) is 21.8 Å². The Morgan fingerprint density at radius 2 is 2.35 bits per heavy atom. The molecular formula is C14H12FN3O2. The van der Waals surface area contributed by atoms with Gasteiger partial charge in [-0.05, 0) is 13.0 Å². The minimum atomic E-state index is -0.474. The van der Waals surface area contributed by atoms with Gasteiger partial charge in [0.15, 0.2) is 17.2 Å². The number of amides is 1. The van der Waals surface area contributed by atoms with Crippen LogP contribution < -0.4 is 5.32 Å². The SMILES string of the molecule is Cc1c(C(=O)NCc2cnc[nH]2)oc2c(F)cccc12. The van der Waals surface area contributed by atoms with E-state index in [-0.39, 0.29) is 17.3 Å². The van der Waals surface area contributed by atoms with Gasteiger partial charge in [0.2, 0.25) is 0 Å². The third kappa shape index (κ3) is 2.05. The fourth-order valence-corrected chi connectivity index (χ4v) is 2.06. The van der Waals surface area contributed by atoms with Crippen LogP contribution in [0.15, 0.2) is 35.1 Å². The molecule has 102 valence electrons. The van der Waals surface area contributed by atoms with Crippen molar-refractivity contribution in [3.05, 3.63) is 53.6 Å². The number of fused-ring (bicyclic) bond motifs is 1.